The summed E-state index contributed by atoms with van der Waals surface area (Å²) >= 11 is 0. The average molecular weight is 1170 g/mol. The third-order valence-corrected chi connectivity index (χ3v) is 15.7. The highest BCUT2D eigenvalue weighted by atomic mass is 31.2. The van der Waals surface area contributed by atoms with Gasteiger partial charge in [-0.3, -0.25) is 18.6 Å². The third-order valence-electron chi connectivity index (χ3n) is 14.8. The lowest BCUT2D eigenvalue weighted by Gasteiger charge is -2.27. The molecule has 0 fully saturated rings. The van der Waals surface area contributed by atoms with E-state index < -0.39 is 20.0 Å². The molecule has 474 valence electrons. The van der Waals surface area contributed by atoms with Gasteiger partial charge in [0.15, 0.2) is 0 Å². The zero-order valence-electron chi connectivity index (χ0n) is 54.2. The largest absolute Gasteiger partial charge is 0.472 e. The Hall–Kier alpha value is -3.07. The average Bonchev–Trinajstić information content (AvgIpc) is 3.47. The number of likely N-dealkylation sites (N-methyl/N-ethyl adjacent to an activating group) is 1. The molecule has 0 heterocycles. The van der Waals surface area contributed by atoms with Gasteiger partial charge in [-0.25, -0.2) is 4.57 Å². The molecule has 0 spiro atoms. The fourth-order valence-electron chi connectivity index (χ4n) is 9.53. The minimum atomic E-state index is -4.46. The van der Waals surface area contributed by atoms with Crippen LogP contribution in [0.15, 0.2) is 97.2 Å². The number of nitrogens with zero attached hydrogens (tertiary/aromatic N) is 1. The fourth-order valence-corrected chi connectivity index (χ4v) is 10.3. The number of hydrogen-bond acceptors (Lipinski definition) is 6. The Morgan fingerprint density at radius 2 is 0.780 bits per heavy atom. The summed E-state index contributed by atoms with van der Waals surface area (Å²) in [6, 6.07) is -0.859. The fraction of sp³-hybridized carbons (Fsp3) is 0.750. The lowest BCUT2D eigenvalue weighted by atomic mass is 10.0. The Kier molecular flexibility index (Phi) is 58.7. The van der Waals surface area contributed by atoms with Crippen molar-refractivity contribution < 1.29 is 37.3 Å². The van der Waals surface area contributed by atoms with Crippen molar-refractivity contribution >= 4 is 19.7 Å². The van der Waals surface area contributed by atoms with Crippen LogP contribution >= 0.6 is 7.82 Å². The van der Waals surface area contributed by atoms with Crippen molar-refractivity contribution in [2.24, 2.45) is 0 Å². The molecule has 0 saturated heterocycles. The maximum absolute atomic E-state index is 13.6. The van der Waals surface area contributed by atoms with E-state index >= 15 is 0 Å². The molecule has 0 saturated carbocycles. The van der Waals surface area contributed by atoms with Gasteiger partial charge in [-0.1, -0.05) is 272 Å². The lowest BCUT2D eigenvalue weighted by Crippen LogP contribution is -2.47. The Bertz CT molecular complexity index is 1720. The number of allylic oxidation sites excluding steroid dienone is 15. The highest BCUT2D eigenvalue weighted by Gasteiger charge is 2.30. The first-order chi connectivity index (χ1) is 39.9. The number of phosphoric ester groups is 1. The van der Waals surface area contributed by atoms with E-state index in [-0.39, 0.29) is 31.5 Å². The molecule has 0 rings (SSSR count). The number of unbranched alkanes of at least 4 members (excludes halogenated alkanes) is 31. The highest BCUT2D eigenvalue weighted by Crippen LogP contribution is 2.43. The zero-order chi connectivity index (χ0) is 60.0. The molecule has 82 heavy (non-hydrogen) atoms. The molecule has 0 aromatic rings. The van der Waals surface area contributed by atoms with E-state index in [0.29, 0.717) is 17.4 Å². The van der Waals surface area contributed by atoms with Gasteiger partial charge in [-0.05, 0) is 109 Å². The van der Waals surface area contributed by atoms with Gasteiger partial charge in [0.1, 0.15) is 19.3 Å². The molecule has 0 radical (unpaired) electrons. The predicted octanol–water partition coefficient (Wildman–Crippen LogP) is 21.5. The van der Waals surface area contributed by atoms with Gasteiger partial charge in [0.05, 0.1) is 33.8 Å². The SMILES string of the molecule is CC/C=C\C/C=C\C/C=C\C/C=C\C/C=C\CCCCCCCCCCCCCC(=O)NC(COP(=O)(O)OCC[N+](C)(C)C)C(/C=C\CCCCCCCCCCCC)OC(=O)CCCCCCCCC/C=C\C/C=C\CCCCC. The summed E-state index contributed by atoms with van der Waals surface area (Å²) in [5.41, 5.74) is 0. The number of carbonyl (C=O) groups is 2. The van der Waals surface area contributed by atoms with Crippen LogP contribution in [0.2, 0.25) is 0 Å². The number of phosphoric acid groups is 1. The smallest absolute Gasteiger partial charge is 0.456 e. The van der Waals surface area contributed by atoms with Gasteiger partial charge >= 0.3 is 13.8 Å². The number of amides is 1. The van der Waals surface area contributed by atoms with E-state index in [1.165, 1.54) is 154 Å². The van der Waals surface area contributed by atoms with Crippen molar-refractivity contribution in [1.82, 2.24) is 5.32 Å². The van der Waals surface area contributed by atoms with E-state index in [1.807, 2.05) is 33.3 Å². The van der Waals surface area contributed by atoms with Crippen LogP contribution in [-0.2, 0) is 27.9 Å². The van der Waals surface area contributed by atoms with Crippen molar-refractivity contribution in [3.8, 4) is 0 Å². The zero-order valence-corrected chi connectivity index (χ0v) is 55.1. The van der Waals surface area contributed by atoms with Gasteiger partial charge in [0.2, 0.25) is 5.91 Å². The number of quaternary nitrogens is 1. The second-order valence-electron chi connectivity index (χ2n) is 24.0. The summed E-state index contributed by atoms with van der Waals surface area (Å²) in [6.45, 7) is 6.88. The molecular weight excluding hydrogens is 1040 g/mol. The van der Waals surface area contributed by atoms with Crippen LogP contribution in [-0.4, -0.2) is 74.3 Å². The van der Waals surface area contributed by atoms with Crippen LogP contribution in [0.3, 0.4) is 0 Å². The minimum Gasteiger partial charge on any atom is -0.456 e. The van der Waals surface area contributed by atoms with Crippen LogP contribution < -0.4 is 5.32 Å². The number of esters is 1. The lowest BCUT2D eigenvalue weighted by molar-refractivity contribution is -0.870. The van der Waals surface area contributed by atoms with Gasteiger partial charge in [-0.2, -0.15) is 0 Å². The number of hydrogen-bond donors (Lipinski definition) is 2. The second kappa shape index (κ2) is 61.0. The van der Waals surface area contributed by atoms with E-state index in [9.17, 15) is 19.0 Å². The molecule has 0 aliphatic rings. The quantitative estimate of drug-likeness (QED) is 0.0205. The van der Waals surface area contributed by atoms with Crippen molar-refractivity contribution in [1.29, 1.82) is 0 Å². The van der Waals surface area contributed by atoms with E-state index in [0.717, 1.165) is 109 Å². The van der Waals surface area contributed by atoms with Crippen LogP contribution in [0.1, 0.15) is 297 Å². The summed E-state index contributed by atoms with van der Waals surface area (Å²) in [7, 11) is 1.48. The molecule has 0 aromatic carbocycles. The maximum Gasteiger partial charge on any atom is 0.472 e. The van der Waals surface area contributed by atoms with Crippen LogP contribution in [0.5, 0.6) is 0 Å². The van der Waals surface area contributed by atoms with E-state index in [2.05, 4.69) is 111 Å². The molecule has 0 aliphatic carbocycles. The van der Waals surface area contributed by atoms with Crippen molar-refractivity contribution in [3.63, 3.8) is 0 Å². The van der Waals surface area contributed by atoms with Crippen molar-refractivity contribution in [2.45, 2.75) is 309 Å². The third kappa shape index (κ3) is 61.5. The standard InChI is InChI=1S/C72H129N2O7P/c1-7-10-13-16-19-22-25-28-30-32-33-34-35-36-37-38-39-40-41-43-44-46-49-52-55-58-61-64-71(75)73-69(68-80-82(77,78)79-67-66-74(4,5)6)70(63-60-57-54-51-48-27-24-21-18-15-12-9-3)81-72(76)65-62-59-56-53-50-47-45-42-31-29-26-23-20-17-14-11-8-2/h10,13,19-20,22-23,28-31,33-34,36-37,60,63,69-70H,7-9,11-12,14-18,21,24-27,32,35,38-59,61-62,64-68H2,1-6H3,(H-,73,75,77,78)/p+1/b13-10-,22-19-,23-20-,30-28-,31-29-,34-33-,37-36-,63-60-. The monoisotopic (exact) mass is 1170 g/mol. The molecule has 3 atom stereocenters. The first-order valence-electron chi connectivity index (χ1n) is 34.1. The Balaban J connectivity index is 5.09. The van der Waals surface area contributed by atoms with Gasteiger partial charge in [0, 0.05) is 12.8 Å². The minimum absolute atomic E-state index is 0.0349. The summed E-state index contributed by atoms with van der Waals surface area (Å²) in [5.74, 6) is -0.516. The summed E-state index contributed by atoms with van der Waals surface area (Å²) in [5, 5.41) is 3.06. The first kappa shape index (κ1) is 78.9. The molecule has 1 amide bonds. The van der Waals surface area contributed by atoms with E-state index in [1.54, 1.807) is 0 Å². The van der Waals surface area contributed by atoms with Gasteiger partial charge in [-0.15, -0.1) is 0 Å². The van der Waals surface area contributed by atoms with Gasteiger partial charge in [0.25, 0.3) is 0 Å². The molecule has 2 N–H and O–H groups in total. The second-order valence-corrected chi connectivity index (χ2v) is 25.4. The normalized spacial score (nSPS) is 14.2. The molecule has 3 unspecified atom stereocenters. The molecule has 0 bridgehead atoms. The number of ether oxygens (including phenoxy) is 1. The Labute approximate surface area is 507 Å². The molecule has 0 aromatic heterocycles. The molecular formula is C72H130N2O7P+. The maximum atomic E-state index is 13.6. The topological polar surface area (TPSA) is 111 Å². The summed E-state index contributed by atoms with van der Waals surface area (Å²) in [4.78, 5) is 37.8. The van der Waals surface area contributed by atoms with Gasteiger partial charge < -0.3 is 19.4 Å². The first-order valence-corrected chi connectivity index (χ1v) is 35.6. The Morgan fingerprint density at radius 3 is 1.20 bits per heavy atom. The van der Waals surface area contributed by atoms with Crippen LogP contribution in [0, 0.1) is 0 Å². The number of rotatable bonds is 61. The summed E-state index contributed by atoms with van der Waals surface area (Å²) in [6.07, 6.45) is 82.6. The van der Waals surface area contributed by atoms with Crippen molar-refractivity contribution in [3.05, 3.63) is 97.2 Å². The summed E-state index contributed by atoms with van der Waals surface area (Å²) < 4.78 is 30.8. The molecule has 9 nitrogen and oxygen atoms in total. The molecule has 0 aliphatic heterocycles. The Morgan fingerprint density at radius 1 is 0.439 bits per heavy atom. The number of carbonyl (C=O) groups excluding carboxylic acids is 2. The van der Waals surface area contributed by atoms with Crippen LogP contribution in [0.4, 0.5) is 0 Å². The molecule has 10 heteroatoms. The van der Waals surface area contributed by atoms with E-state index in [4.69, 9.17) is 13.8 Å². The highest BCUT2D eigenvalue weighted by molar-refractivity contribution is 7.47. The van der Waals surface area contributed by atoms with Crippen molar-refractivity contribution in [2.75, 3.05) is 40.9 Å². The predicted molar refractivity (Wildman–Crippen MR) is 355 cm³/mol. The van der Waals surface area contributed by atoms with Crippen LogP contribution in [0.25, 0.3) is 0 Å². The number of nitrogens with one attached hydrogen (secondary N) is 1.